The van der Waals surface area contributed by atoms with E-state index in [1.165, 1.54) is 5.56 Å². The molecule has 0 fully saturated rings. The molecule has 1 heterocycles. The van der Waals surface area contributed by atoms with E-state index >= 15 is 0 Å². The predicted molar refractivity (Wildman–Crippen MR) is 142 cm³/mol. The summed E-state index contributed by atoms with van der Waals surface area (Å²) in [6.45, 7) is 7.68. The highest BCUT2D eigenvalue weighted by Gasteiger charge is 2.18. The summed E-state index contributed by atoms with van der Waals surface area (Å²) in [6.07, 6.45) is 1.12. The normalized spacial score (nSPS) is 12.1. The van der Waals surface area contributed by atoms with Crippen molar-refractivity contribution in [3.05, 3.63) is 94.8 Å². The zero-order valence-electron chi connectivity index (χ0n) is 20.5. The molecular weight excluding hydrogens is 458 g/mol. The molecule has 1 unspecified atom stereocenters. The number of carbonyl (C=O) groups excluding carboxylic acids is 1. The molecule has 1 amide bonds. The molecule has 0 saturated carbocycles. The van der Waals surface area contributed by atoms with Crippen LogP contribution in [0.1, 0.15) is 56.1 Å². The van der Waals surface area contributed by atoms with E-state index in [1.807, 2.05) is 49.4 Å². The van der Waals surface area contributed by atoms with E-state index in [0.29, 0.717) is 24.0 Å². The second-order valence-electron chi connectivity index (χ2n) is 9.10. The molecule has 1 atom stereocenters. The molecule has 0 spiro atoms. The number of para-hydroxylation sites is 3. The molecule has 0 aliphatic rings. The fraction of sp³-hybridized carbons (Fsp3) is 0.310. The molecule has 35 heavy (non-hydrogen) atoms. The summed E-state index contributed by atoms with van der Waals surface area (Å²) in [5.74, 6) is 2.15. The van der Waals surface area contributed by atoms with Gasteiger partial charge < -0.3 is 14.6 Å². The molecule has 0 aliphatic carbocycles. The van der Waals surface area contributed by atoms with Crippen LogP contribution in [0.25, 0.3) is 11.0 Å². The number of imidazole rings is 1. The van der Waals surface area contributed by atoms with Crippen LogP contribution in [-0.2, 0) is 17.8 Å². The van der Waals surface area contributed by atoms with Crippen molar-refractivity contribution in [1.29, 1.82) is 0 Å². The number of hydrogen-bond acceptors (Lipinski definition) is 3. The lowest BCUT2D eigenvalue weighted by Gasteiger charge is -2.17. The molecule has 0 radical (unpaired) electrons. The molecule has 0 saturated heterocycles. The van der Waals surface area contributed by atoms with Crippen LogP contribution in [0.4, 0.5) is 0 Å². The first kappa shape index (κ1) is 24.8. The van der Waals surface area contributed by atoms with Crippen LogP contribution in [-0.4, -0.2) is 22.1 Å². The predicted octanol–water partition coefficient (Wildman–Crippen LogP) is 6.70. The quantitative estimate of drug-likeness (QED) is 0.252. The molecule has 4 rings (SSSR count). The van der Waals surface area contributed by atoms with Crippen LogP contribution in [0, 0.1) is 0 Å². The number of hydrogen-bond donors (Lipinski definition) is 1. The van der Waals surface area contributed by atoms with Crippen molar-refractivity contribution >= 4 is 28.5 Å². The molecule has 1 N–H and O–H groups in total. The van der Waals surface area contributed by atoms with Crippen LogP contribution < -0.4 is 10.1 Å². The number of halogens is 1. The Bertz CT molecular complexity index is 1280. The van der Waals surface area contributed by atoms with Crippen LogP contribution in [0.2, 0.25) is 5.02 Å². The Morgan fingerprint density at radius 1 is 1.00 bits per heavy atom. The number of nitrogens with one attached hydrogen (secondary N) is 1. The summed E-state index contributed by atoms with van der Waals surface area (Å²) in [7, 11) is 0. The van der Waals surface area contributed by atoms with Gasteiger partial charge in [-0.1, -0.05) is 67.9 Å². The number of aromatic nitrogens is 2. The van der Waals surface area contributed by atoms with Crippen LogP contribution in [0.15, 0.2) is 72.8 Å². The zero-order chi connectivity index (χ0) is 24.8. The van der Waals surface area contributed by atoms with Crippen LogP contribution in [0.5, 0.6) is 5.75 Å². The number of rotatable bonds is 10. The number of amides is 1. The second kappa shape index (κ2) is 11.4. The summed E-state index contributed by atoms with van der Waals surface area (Å²) >= 11 is 5.96. The van der Waals surface area contributed by atoms with Crippen molar-refractivity contribution in [2.24, 2.45) is 0 Å². The number of fused-ring (bicyclic) bond motifs is 1. The fourth-order valence-electron chi connectivity index (χ4n) is 4.30. The van der Waals surface area contributed by atoms with Gasteiger partial charge in [-0.05, 0) is 60.7 Å². The van der Waals surface area contributed by atoms with Gasteiger partial charge in [0, 0.05) is 11.6 Å². The van der Waals surface area contributed by atoms with Crippen molar-refractivity contribution in [3.8, 4) is 5.75 Å². The zero-order valence-corrected chi connectivity index (χ0v) is 21.3. The number of ether oxygens (including phenoxy) is 1. The van der Waals surface area contributed by atoms with Gasteiger partial charge in [0.25, 0.3) is 0 Å². The first-order chi connectivity index (χ1) is 16.9. The van der Waals surface area contributed by atoms with E-state index in [0.717, 1.165) is 41.1 Å². The molecule has 182 valence electrons. The van der Waals surface area contributed by atoms with E-state index in [2.05, 4.69) is 41.9 Å². The Balaban J connectivity index is 1.44. The highest BCUT2D eigenvalue weighted by atomic mass is 35.5. The summed E-state index contributed by atoms with van der Waals surface area (Å²) in [4.78, 5) is 17.6. The first-order valence-corrected chi connectivity index (χ1v) is 12.5. The maximum atomic E-state index is 12.7. The van der Waals surface area contributed by atoms with Gasteiger partial charge in [-0.25, -0.2) is 4.98 Å². The SMILES string of the molecule is CC(C)c1ccccc1OCCCn1c(C(C)NC(=O)Cc2ccc(Cl)cc2)nc2ccccc21. The van der Waals surface area contributed by atoms with Gasteiger partial charge in [0.1, 0.15) is 11.6 Å². The van der Waals surface area contributed by atoms with E-state index in [9.17, 15) is 4.79 Å². The average Bonchev–Trinajstić information content (AvgIpc) is 3.22. The number of benzene rings is 3. The van der Waals surface area contributed by atoms with Crippen molar-refractivity contribution in [2.75, 3.05) is 6.61 Å². The van der Waals surface area contributed by atoms with Crippen LogP contribution >= 0.6 is 11.6 Å². The summed E-state index contributed by atoms with van der Waals surface area (Å²) < 4.78 is 8.33. The third-order valence-electron chi connectivity index (χ3n) is 6.05. The Kier molecular flexibility index (Phi) is 8.09. The van der Waals surface area contributed by atoms with Gasteiger partial charge >= 0.3 is 0 Å². The van der Waals surface area contributed by atoms with Gasteiger partial charge in [0.2, 0.25) is 5.91 Å². The topological polar surface area (TPSA) is 56.1 Å². The molecule has 0 bridgehead atoms. The Morgan fingerprint density at radius 2 is 1.71 bits per heavy atom. The molecule has 0 aliphatic heterocycles. The maximum absolute atomic E-state index is 12.7. The van der Waals surface area contributed by atoms with Crippen molar-refractivity contribution < 1.29 is 9.53 Å². The fourth-order valence-corrected chi connectivity index (χ4v) is 4.42. The highest BCUT2D eigenvalue weighted by molar-refractivity contribution is 6.30. The van der Waals surface area contributed by atoms with E-state index in [1.54, 1.807) is 12.1 Å². The van der Waals surface area contributed by atoms with Gasteiger partial charge in [-0.2, -0.15) is 0 Å². The molecule has 1 aromatic heterocycles. The van der Waals surface area contributed by atoms with E-state index in [-0.39, 0.29) is 11.9 Å². The third-order valence-corrected chi connectivity index (χ3v) is 6.30. The maximum Gasteiger partial charge on any atom is 0.224 e. The van der Waals surface area contributed by atoms with Gasteiger partial charge in [-0.15, -0.1) is 0 Å². The van der Waals surface area contributed by atoms with Gasteiger partial charge in [0.15, 0.2) is 0 Å². The monoisotopic (exact) mass is 489 g/mol. The minimum absolute atomic E-state index is 0.0490. The van der Waals surface area contributed by atoms with Crippen molar-refractivity contribution in [2.45, 2.75) is 52.1 Å². The summed E-state index contributed by atoms with van der Waals surface area (Å²) in [5, 5.41) is 3.77. The third kappa shape index (κ3) is 6.23. The average molecular weight is 490 g/mol. The minimum atomic E-state index is -0.232. The minimum Gasteiger partial charge on any atom is -0.493 e. The lowest BCUT2D eigenvalue weighted by Crippen LogP contribution is -2.30. The number of carbonyl (C=O) groups is 1. The highest BCUT2D eigenvalue weighted by Crippen LogP contribution is 2.26. The standard InChI is InChI=1S/C29H32ClN3O2/c1-20(2)24-9-4-7-12-27(24)35-18-8-17-33-26-11-6-5-10-25(26)32-29(33)21(3)31-28(34)19-22-13-15-23(30)16-14-22/h4-7,9-16,20-21H,8,17-19H2,1-3H3,(H,31,34). The lowest BCUT2D eigenvalue weighted by molar-refractivity contribution is -0.121. The number of nitrogens with zero attached hydrogens (tertiary/aromatic N) is 2. The Labute approximate surface area is 212 Å². The second-order valence-corrected chi connectivity index (χ2v) is 9.53. The molecule has 6 heteroatoms. The van der Waals surface area contributed by atoms with E-state index < -0.39 is 0 Å². The molecule has 4 aromatic rings. The van der Waals surface area contributed by atoms with Gasteiger partial charge in [0.05, 0.1) is 30.1 Å². The largest absolute Gasteiger partial charge is 0.493 e. The smallest absolute Gasteiger partial charge is 0.224 e. The van der Waals surface area contributed by atoms with E-state index in [4.69, 9.17) is 21.3 Å². The molecular formula is C29H32ClN3O2. The Hall–Kier alpha value is -3.31. The molecule has 5 nitrogen and oxygen atoms in total. The summed E-state index contributed by atoms with van der Waals surface area (Å²) in [5.41, 5.74) is 4.13. The van der Waals surface area contributed by atoms with Crippen LogP contribution in [0.3, 0.4) is 0 Å². The Morgan fingerprint density at radius 3 is 2.49 bits per heavy atom. The van der Waals surface area contributed by atoms with Crippen molar-refractivity contribution in [3.63, 3.8) is 0 Å². The van der Waals surface area contributed by atoms with Crippen molar-refractivity contribution in [1.82, 2.24) is 14.9 Å². The lowest BCUT2D eigenvalue weighted by atomic mass is 10.0. The first-order valence-electron chi connectivity index (χ1n) is 12.1. The number of aryl methyl sites for hydroxylation is 1. The summed E-state index contributed by atoms with van der Waals surface area (Å²) in [6, 6.07) is 23.4. The van der Waals surface area contributed by atoms with Gasteiger partial charge in [-0.3, -0.25) is 4.79 Å². The molecule has 3 aromatic carbocycles.